The summed E-state index contributed by atoms with van der Waals surface area (Å²) in [4.78, 5) is 15.7. The van der Waals surface area contributed by atoms with Crippen molar-refractivity contribution < 1.29 is 4.79 Å². The van der Waals surface area contributed by atoms with Gasteiger partial charge in [-0.05, 0) is 25.8 Å². The highest BCUT2D eigenvalue weighted by molar-refractivity contribution is 5.75. The van der Waals surface area contributed by atoms with Crippen molar-refractivity contribution in [2.45, 2.75) is 38.8 Å². The summed E-state index contributed by atoms with van der Waals surface area (Å²) in [6.45, 7) is 3.59. The van der Waals surface area contributed by atoms with Crippen LogP contribution in [0.15, 0.2) is 37.2 Å². The highest BCUT2D eigenvalue weighted by atomic mass is 16.1. The number of nitrogens with zero attached hydrogens (tertiary/aromatic N) is 4. The Morgan fingerprint density at radius 1 is 1.35 bits per heavy atom. The number of carbonyl (C=O) groups is 1. The van der Waals surface area contributed by atoms with Crippen LogP contribution in [0.3, 0.4) is 0 Å². The Labute approximate surface area is 118 Å². The van der Waals surface area contributed by atoms with Crippen LogP contribution in [0.1, 0.15) is 32.2 Å². The maximum atomic E-state index is 11.7. The first-order chi connectivity index (χ1) is 9.75. The minimum atomic E-state index is 0.106. The zero-order valence-corrected chi connectivity index (χ0v) is 11.8. The summed E-state index contributed by atoms with van der Waals surface area (Å²) in [5, 5.41) is 7.06. The second-order valence-electron chi connectivity index (χ2n) is 4.87. The number of imidazole rings is 1. The zero-order chi connectivity index (χ0) is 14.2. The smallest absolute Gasteiger partial charge is 0.220 e. The van der Waals surface area contributed by atoms with Gasteiger partial charge < -0.3 is 9.88 Å². The monoisotopic (exact) mass is 275 g/mol. The van der Waals surface area contributed by atoms with Crippen LogP contribution < -0.4 is 5.32 Å². The van der Waals surface area contributed by atoms with Gasteiger partial charge in [-0.25, -0.2) is 4.98 Å². The van der Waals surface area contributed by atoms with Crippen molar-refractivity contribution >= 4 is 5.91 Å². The lowest BCUT2D eigenvalue weighted by Crippen LogP contribution is -2.26. The zero-order valence-electron chi connectivity index (χ0n) is 11.8. The van der Waals surface area contributed by atoms with E-state index in [2.05, 4.69) is 22.3 Å². The molecule has 0 saturated heterocycles. The minimum Gasteiger partial charge on any atom is -0.356 e. The summed E-state index contributed by atoms with van der Waals surface area (Å²) in [6.07, 6.45) is 11.4. The highest BCUT2D eigenvalue weighted by Crippen LogP contribution is 2.08. The van der Waals surface area contributed by atoms with E-state index in [1.54, 1.807) is 18.7 Å². The topological polar surface area (TPSA) is 64.7 Å². The first-order valence-electron chi connectivity index (χ1n) is 6.97. The van der Waals surface area contributed by atoms with Gasteiger partial charge in [0.1, 0.15) is 0 Å². The average molecular weight is 275 g/mol. The van der Waals surface area contributed by atoms with E-state index in [0.717, 1.165) is 19.4 Å². The molecule has 2 aromatic heterocycles. The molecule has 0 aliphatic carbocycles. The average Bonchev–Trinajstić information content (AvgIpc) is 3.12. The molecule has 20 heavy (non-hydrogen) atoms. The molecule has 0 unspecified atom stereocenters. The molecule has 2 aromatic rings. The number of amides is 1. The second kappa shape index (κ2) is 7.47. The molecule has 0 fully saturated rings. The van der Waals surface area contributed by atoms with E-state index >= 15 is 0 Å². The third-order valence-electron chi connectivity index (χ3n) is 3.27. The van der Waals surface area contributed by atoms with Crippen LogP contribution in [0, 0.1) is 0 Å². The van der Waals surface area contributed by atoms with Gasteiger partial charge in [-0.15, -0.1) is 0 Å². The molecule has 1 atom stereocenters. The standard InChI is InChI=1S/C14H21N5O/c1-13(18-11-8-15-12-18)5-7-16-14(20)4-2-9-19-10-3-6-17-19/h3,6,8,10-13H,2,4-5,7,9H2,1H3,(H,16,20)/t13-/m0/s1. The largest absolute Gasteiger partial charge is 0.356 e. The van der Waals surface area contributed by atoms with Crippen molar-refractivity contribution in [3.8, 4) is 0 Å². The Morgan fingerprint density at radius 3 is 2.95 bits per heavy atom. The van der Waals surface area contributed by atoms with E-state index in [1.165, 1.54) is 0 Å². The molecule has 0 spiro atoms. The van der Waals surface area contributed by atoms with E-state index in [4.69, 9.17) is 0 Å². The molecule has 1 amide bonds. The normalized spacial score (nSPS) is 12.2. The number of hydrogen-bond donors (Lipinski definition) is 1. The third-order valence-corrected chi connectivity index (χ3v) is 3.27. The fourth-order valence-corrected chi connectivity index (χ4v) is 2.02. The Hall–Kier alpha value is -2.11. The lowest BCUT2D eigenvalue weighted by Gasteiger charge is -2.13. The summed E-state index contributed by atoms with van der Waals surface area (Å²) in [5.74, 6) is 0.106. The van der Waals surface area contributed by atoms with E-state index in [1.807, 2.05) is 27.7 Å². The number of nitrogens with one attached hydrogen (secondary N) is 1. The van der Waals surface area contributed by atoms with Crippen LogP contribution in [0.5, 0.6) is 0 Å². The molecule has 0 aliphatic heterocycles. The first kappa shape index (κ1) is 14.3. The van der Waals surface area contributed by atoms with Gasteiger partial charge in [0.25, 0.3) is 0 Å². The SMILES string of the molecule is C[C@@H](CCNC(=O)CCCn1cccn1)n1ccnc1. The van der Waals surface area contributed by atoms with Crippen molar-refractivity contribution in [1.29, 1.82) is 0 Å². The first-order valence-corrected chi connectivity index (χ1v) is 6.97. The van der Waals surface area contributed by atoms with Gasteiger partial charge in [0, 0.05) is 50.3 Å². The van der Waals surface area contributed by atoms with Gasteiger partial charge in [0.05, 0.1) is 6.33 Å². The third kappa shape index (κ3) is 4.53. The molecule has 6 heteroatoms. The van der Waals surface area contributed by atoms with Crippen LogP contribution >= 0.6 is 0 Å². The quantitative estimate of drug-likeness (QED) is 0.796. The molecule has 108 valence electrons. The van der Waals surface area contributed by atoms with Crippen LogP contribution in [0.4, 0.5) is 0 Å². The van der Waals surface area contributed by atoms with Crippen LogP contribution in [-0.2, 0) is 11.3 Å². The molecular weight excluding hydrogens is 254 g/mol. The highest BCUT2D eigenvalue weighted by Gasteiger charge is 2.05. The molecule has 2 heterocycles. The predicted octanol–water partition coefficient (Wildman–Crippen LogP) is 1.63. The number of aryl methyl sites for hydroxylation is 1. The summed E-state index contributed by atoms with van der Waals surface area (Å²) < 4.78 is 3.89. The Morgan fingerprint density at radius 2 is 2.25 bits per heavy atom. The lowest BCUT2D eigenvalue weighted by atomic mass is 10.2. The molecule has 0 bridgehead atoms. The molecule has 0 radical (unpaired) electrons. The van der Waals surface area contributed by atoms with Crippen LogP contribution in [0.25, 0.3) is 0 Å². The Kier molecular flexibility index (Phi) is 5.34. The van der Waals surface area contributed by atoms with Gasteiger partial charge in [0.2, 0.25) is 5.91 Å². The fraction of sp³-hybridized carbons (Fsp3) is 0.500. The van der Waals surface area contributed by atoms with Crippen LogP contribution in [0.2, 0.25) is 0 Å². The van der Waals surface area contributed by atoms with Gasteiger partial charge in [-0.2, -0.15) is 5.10 Å². The summed E-state index contributed by atoms with van der Waals surface area (Å²) >= 11 is 0. The molecular formula is C14H21N5O. The predicted molar refractivity (Wildman–Crippen MR) is 76.0 cm³/mol. The van der Waals surface area contributed by atoms with Gasteiger partial charge in [-0.3, -0.25) is 9.48 Å². The number of rotatable bonds is 8. The van der Waals surface area contributed by atoms with Crippen molar-refractivity contribution in [2.24, 2.45) is 0 Å². The van der Waals surface area contributed by atoms with Crippen molar-refractivity contribution in [1.82, 2.24) is 24.6 Å². The van der Waals surface area contributed by atoms with Gasteiger partial charge in [0.15, 0.2) is 0 Å². The number of carbonyl (C=O) groups excluding carboxylic acids is 1. The van der Waals surface area contributed by atoms with Gasteiger partial charge >= 0.3 is 0 Å². The van der Waals surface area contributed by atoms with E-state index in [-0.39, 0.29) is 5.91 Å². The number of aromatic nitrogens is 4. The molecule has 1 N–H and O–H groups in total. The van der Waals surface area contributed by atoms with Crippen molar-refractivity contribution in [2.75, 3.05) is 6.54 Å². The maximum absolute atomic E-state index is 11.7. The Balaban J connectivity index is 1.56. The Bertz CT molecular complexity index is 492. The summed E-state index contributed by atoms with van der Waals surface area (Å²) in [5.41, 5.74) is 0. The lowest BCUT2D eigenvalue weighted by molar-refractivity contribution is -0.121. The summed E-state index contributed by atoms with van der Waals surface area (Å²) in [7, 11) is 0. The minimum absolute atomic E-state index is 0.106. The van der Waals surface area contributed by atoms with Crippen molar-refractivity contribution in [3.63, 3.8) is 0 Å². The molecule has 0 aromatic carbocycles. The van der Waals surface area contributed by atoms with E-state index in [0.29, 0.717) is 19.0 Å². The van der Waals surface area contributed by atoms with E-state index in [9.17, 15) is 4.79 Å². The molecule has 2 rings (SSSR count). The molecule has 6 nitrogen and oxygen atoms in total. The second-order valence-corrected chi connectivity index (χ2v) is 4.87. The van der Waals surface area contributed by atoms with Crippen molar-refractivity contribution in [3.05, 3.63) is 37.2 Å². The fourth-order valence-electron chi connectivity index (χ4n) is 2.02. The van der Waals surface area contributed by atoms with E-state index < -0.39 is 0 Å². The van der Waals surface area contributed by atoms with Crippen LogP contribution in [-0.4, -0.2) is 31.8 Å². The molecule has 0 aliphatic rings. The maximum Gasteiger partial charge on any atom is 0.220 e. The van der Waals surface area contributed by atoms with Gasteiger partial charge in [-0.1, -0.05) is 0 Å². The number of hydrogen-bond acceptors (Lipinski definition) is 3. The molecule has 0 saturated carbocycles. The summed E-state index contributed by atoms with van der Waals surface area (Å²) in [6, 6.07) is 2.24.